The minimum atomic E-state index is -3.70. The number of alkyl halides is 3. The van der Waals surface area contributed by atoms with Crippen LogP contribution in [0.2, 0.25) is 0 Å². The number of hydrogen-bond donors (Lipinski definition) is 0. The van der Waals surface area contributed by atoms with E-state index in [1.165, 1.54) is 0 Å². The molecule has 0 aliphatic heterocycles. The van der Waals surface area contributed by atoms with Crippen molar-refractivity contribution in [2.24, 2.45) is 0 Å². The quantitative estimate of drug-likeness (QED) is 0.568. The maximum absolute atomic E-state index is 13.0. The van der Waals surface area contributed by atoms with Crippen LogP contribution in [0.15, 0.2) is 0 Å². The van der Waals surface area contributed by atoms with Gasteiger partial charge in [-0.05, 0) is 6.92 Å². The molecule has 0 aromatic carbocycles. The van der Waals surface area contributed by atoms with Gasteiger partial charge in [0, 0.05) is 6.42 Å². The minimum Gasteiger partial charge on any atom is -0.465 e. The van der Waals surface area contributed by atoms with Crippen LogP contribution in [0.1, 0.15) is 13.3 Å². The van der Waals surface area contributed by atoms with E-state index in [9.17, 15) is 18.4 Å². The van der Waals surface area contributed by atoms with Crippen molar-refractivity contribution in [3.8, 4) is 0 Å². The predicted molar refractivity (Wildman–Crippen MR) is 50.9 cm³/mol. The first kappa shape index (κ1) is 14.3. The van der Waals surface area contributed by atoms with Crippen LogP contribution in [0.3, 0.4) is 0 Å². The number of carbonyl (C=O) groups is 2. The van der Waals surface area contributed by atoms with E-state index in [4.69, 9.17) is 0 Å². The molecule has 0 aliphatic rings. The SMILES string of the molecule is CCOC(=O)C(Br)CC(F)(F)C(=O)OC. The smallest absolute Gasteiger partial charge is 0.376 e. The van der Waals surface area contributed by atoms with E-state index in [2.05, 4.69) is 25.4 Å². The molecule has 7 heteroatoms. The van der Waals surface area contributed by atoms with Gasteiger partial charge in [0.25, 0.3) is 0 Å². The monoisotopic (exact) mass is 288 g/mol. The third-order valence-corrected chi connectivity index (χ3v) is 2.16. The van der Waals surface area contributed by atoms with E-state index < -0.39 is 29.1 Å². The van der Waals surface area contributed by atoms with E-state index in [1.54, 1.807) is 6.92 Å². The molecule has 0 fully saturated rings. The molecule has 1 unspecified atom stereocenters. The molecule has 0 bridgehead atoms. The Morgan fingerprint density at radius 2 is 2.00 bits per heavy atom. The third-order valence-electron chi connectivity index (χ3n) is 1.46. The zero-order valence-electron chi connectivity index (χ0n) is 8.26. The Morgan fingerprint density at radius 3 is 2.40 bits per heavy atom. The molecule has 0 heterocycles. The lowest BCUT2D eigenvalue weighted by molar-refractivity contribution is -0.170. The first-order chi connectivity index (χ1) is 6.85. The zero-order valence-corrected chi connectivity index (χ0v) is 9.84. The van der Waals surface area contributed by atoms with Gasteiger partial charge in [-0.15, -0.1) is 0 Å². The van der Waals surface area contributed by atoms with Crippen LogP contribution in [-0.2, 0) is 19.1 Å². The van der Waals surface area contributed by atoms with Crippen LogP contribution >= 0.6 is 15.9 Å². The number of carbonyl (C=O) groups excluding carboxylic acids is 2. The molecule has 0 aromatic heterocycles. The Labute approximate surface area is 94.0 Å². The summed E-state index contributed by atoms with van der Waals surface area (Å²) in [6.45, 7) is 1.64. The molecule has 0 amide bonds. The van der Waals surface area contributed by atoms with Crippen LogP contribution in [0.4, 0.5) is 8.78 Å². The zero-order chi connectivity index (χ0) is 12.1. The highest BCUT2D eigenvalue weighted by atomic mass is 79.9. The highest BCUT2D eigenvalue weighted by molar-refractivity contribution is 9.10. The fraction of sp³-hybridized carbons (Fsp3) is 0.750. The molecule has 0 radical (unpaired) electrons. The largest absolute Gasteiger partial charge is 0.465 e. The van der Waals surface area contributed by atoms with Gasteiger partial charge in [0.05, 0.1) is 13.7 Å². The number of esters is 2. The molecule has 0 saturated carbocycles. The van der Waals surface area contributed by atoms with Crippen LogP contribution in [0, 0.1) is 0 Å². The van der Waals surface area contributed by atoms with E-state index in [1.807, 2.05) is 0 Å². The number of hydrogen-bond acceptors (Lipinski definition) is 4. The lowest BCUT2D eigenvalue weighted by Gasteiger charge is -2.16. The summed E-state index contributed by atoms with van der Waals surface area (Å²) in [7, 11) is 0.851. The van der Waals surface area contributed by atoms with E-state index in [-0.39, 0.29) is 6.61 Å². The maximum Gasteiger partial charge on any atom is 0.376 e. The Balaban J connectivity index is 4.32. The summed E-state index contributed by atoms with van der Waals surface area (Å²) >= 11 is 2.72. The number of rotatable bonds is 5. The van der Waals surface area contributed by atoms with Gasteiger partial charge in [0.15, 0.2) is 0 Å². The van der Waals surface area contributed by atoms with Crippen molar-refractivity contribution in [3.05, 3.63) is 0 Å². The van der Waals surface area contributed by atoms with Crippen molar-refractivity contribution >= 4 is 27.9 Å². The van der Waals surface area contributed by atoms with Gasteiger partial charge in [-0.25, -0.2) is 4.79 Å². The molecule has 15 heavy (non-hydrogen) atoms. The molecule has 0 spiro atoms. The van der Waals surface area contributed by atoms with Crippen LogP contribution < -0.4 is 0 Å². The molecule has 0 aromatic rings. The van der Waals surface area contributed by atoms with Gasteiger partial charge >= 0.3 is 17.9 Å². The van der Waals surface area contributed by atoms with Crippen molar-refractivity contribution in [1.29, 1.82) is 0 Å². The molecular formula is C8H11BrF2O4. The fourth-order valence-corrected chi connectivity index (χ4v) is 1.31. The Kier molecular flexibility index (Phi) is 5.71. The highest BCUT2D eigenvalue weighted by Gasteiger charge is 2.43. The van der Waals surface area contributed by atoms with Crippen molar-refractivity contribution in [2.75, 3.05) is 13.7 Å². The number of ether oxygens (including phenoxy) is 2. The molecule has 1 atom stereocenters. The van der Waals surface area contributed by atoms with Crippen LogP contribution in [0.25, 0.3) is 0 Å². The van der Waals surface area contributed by atoms with Gasteiger partial charge in [-0.3, -0.25) is 4.79 Å². The Hall–Kier alpha value is -0.720. The van der Waals surface area contributed by atoms with Crippen LogP contribution in [-0.4, -0.2) is 36.4 Å². The summed E-state index contributed by atoms with van der Waals surface area (Å²) in [5.41, 5.74) is 0. The maximum atomic E-state index is 13.0. The summed E-state index contributed by atoms with van der Waals surface area (Å²) in [5.74, 6) is -6.20. The molecule has 0 aliphatic carbocycles. The van der Waals surface area contributed by atoms with Gasteiger partial charge in [-0.1, -0.05) is 15.9 Å². The summed E-state index contributed by atoms with van der Waals surface area (Å²) in [6, 6.07) is 0. The molecule has 88 valence electrons. The second-order valence-electron chi connectivity index (χ2n) is 2.62. The average Bonchev–Trinajstić information content (AvgIpc) is 2.16. The Bertz CT molecular complexity index is 245. The lowest BCUT2D eigenvalue weighted by atomic mass is 10.2. The highest BCUT2D eigenvalue weighted by Crippen LogP contribution is 2.25. The first-order valence-electron chi connectivity index (χ1n) is 4.12. The van der Waals surface area contributed by atoms with Crippen molar-refractivity contribution in [1.82, 2.24) is 0 Å². The molecule has 0 saturated heterocycles. The van der Waals surface area contributed by atoms with Crippen LogP contribution in [0.5, 0.6) is 0 Å². The molecule has 4 nitrogen and oxygen atoms in total. The second-order valence-corrected chi connectivity index (χ2v) is 3.73. The van der Waals surface area contributed by atoms with Gasteiger partial charge in [0.2, 0.25) is 0 Å². The van der Waals surface area contributed by atoms with Crippen molar-refractivity contribution in [2.45, 2.75) is 24.1 Å². The average molecular weight is 289 g/mol. The third kappa shape index (κ3) is 4.55. The summed E-state index contributed by atoms with van der Waals surface area (Å²) < 4.78 is 34.3. The van der Waals surface area contributed by atoms with Gasteiger partial charge < -0.3 is 9.47 Å². The van der Waals surface area contributed by atoms with Gasteiger partial charge in [0.1, 0.15) is 4.83 Å². The normalized spacial score (nSPS) is 13.1. The molecule has 0 N–H and O–H groups in total. The summed E-state index contributed by atoms with van der Waals surface area (Å²) in [4.78, 5) is 20.4. The Morgan fingerprint density at radius 1 is 1.47 bits per heavy atom. The van der Waals surface area contributed by atoms with E-state index in [0.717, 1.165) is 7.11 Å². The predicted octanol–water partition coefficient (Wildman–Crippen LogP) is 1.51. The minimum absolute atomic E-state index is 0.0880. The van der Waals surface area contributed by atoms with Crippen molar-refractivity contribution in [3.63, 3.8) is 0 Å². The fourth-order valence-electron chi connectivity index (χ4n) is 0.774. The van der Waals surface area contributed by atoms with Gasteiger partial charge in [-0.2, -0.15) is 8.78 Å². The number of methoxy groups -OCH3 is 1. The topological polar surface area (TPSA) is 52.6 Å². The molecule has 0 rings (SSSR count). The lowest BCUT2D eigenvalue weighted by Crippen LogP contribution is -2.35. The van der Waals surface area contributed by atoms with E-state index >= 15 is 0 Å². The van der Waals surface area contributed by atoms with E-state index in [0.29, 0.717) is 0 Å². The number of halogens is 3. The molecular weight excluding hydrogens is 278 g/mol. The second kappa shape index (κ2) is 5.99. The summed E-state index contributed by atoms with van der Waals surface area (Å²) in [6.07, 6.45) is -0.988. The standard InChI is InChI=1S/C8H11BrF2O4/c1-3-15-6(12)5(9)4-8(10,11)7(13)14-2/h5H,3-4H2,1-2H3. The van der Waals surface area contributed by atoms with Crippen molar-refractivity contribution < 1.29 is 27.8 Å². The summed E-state index contributed by atoms with van der Waals surface area (Å²) in [5, 5.41) is 0. The first-order valence-corrected chi connectivity index (χ1v) is 5.03.